The maximum absolute atomic E-state index is 13.6. The third kappa shape index (κ3) is 3.01. The zero-order chi connectivity index (χ0) is 21.9. The molecule has 2 aliphatic heterocycles. The van der Waals surface area contributed by atoms with Crippen molar-refractivity contribution in [3.8, 4) is 34.3 Å². The molecule has 0 amide bonds. The predicted molar refractivity (Wildman–Crippen MR) is 123 cm³/mol. The Morgan fingerprint density at radius 1 is 1.06 bits per heavy atom. The minimum atomic E-state index is -3.78. The summed E-state index contributed by atoms with van der Waals surface area (Å²) in [6, 6.07) is 11.1. The van der Waals surface area contributed by atoms with E-state index < -0.39 is 10.0 Å². The molecule has 0 aliphatic carbocycles. The normalized spacial score (nSPS) is 15.2. The maximum atomic E-state index is 13.6. The summed E-state index contributed by atoms with van der Waals surface area (Å²) < 4.78 is 40.2. The number of nitrogens with one attached hydrogen (secondary N) is 2. The molecule has 2 N–H and O–H groups in total. The molecule has 0 saturated carbocycles. The van der Waals surface area contributed by atoms with Gasteiger partial charge in [-0.25, -0.2) is 13.4 Å². The number of sulfonamides is 1. The van der Waals surface area contributed by atoms with Gasteiger partial charge in [0.2, 0.25) is 6.79 Å². The monoisotopic (exact) mass is 512 g/mol. The van der Waals surface area contributed by atoms with Gasteiger partial charge < -0.3 is 19.4 Å². The van der Waals surface area contributed by atoms with Crippen molar-refractivity contribution in [3.05, 3.63) is 59.3 Å². The molecule has 0 fully saturated rings. The molecular formula is C22H17BrN4O4S. The predicted octanol–water partition coefficient (Wildman–Crippen LogP) is 4.62. The summed E-state index contributed by atoms with van der Waals surface area (Å²) in [6.07, 6.45) is 5.85. The lowest BCUT2D eigenvalue weighted by atomic mass is 10.1. The fraction of sp³-hybridized carbons (Fsp3) is 0.136. The second-order valence-electron chi connectivity index (χ2n) is 7.52. The first kappa shape index (κ1) is 19.4. The second-order valence-corrected chi connectivity index (χ2v) is 10.3. The van der Waals surface area contributed by atoms with Crippen LogP contribution in [0.2, 0.25) is 0 Å². The number of nitrogens with zero attached hydrogens (tertiary/aromatic N) is 2. The lowest BCUT2D eigenvalue weighted by Crippen LogP contribution is -2.24. The third-order valence-corrected chi connectivity index (χ3v) is 7.92. The van der Waals surface area contributed by atoms with Gasteiger partial charge in [-0.05, 0) is 42.8 Å². The Hall–Kier alpha value is -3.24. The smallest absolute Gasteiger partial charge is 0.266 e. The number of aromatic nitrogens is 3. The minimum absolute atomic E-state index is 0.198. The van der Waals surface area contributed by atoms with Gasteiger partial charge in [0, 0.05) is 33.7 Å². The van der Waals surface area contributed by atoms with Crippen molar-refractivity contribution in [1.82, 2.24) is 19.3 Å². The molecule has 2 aromatic carbocycles. The van der Waals surface area contributed by atoms with Crippen molar-refractivity contribution in [1.29, 1.82) is 0 Å². The van der Waals surface area contributed by atoms with Gasteiger partial charge in [0.15, 0.2) is 17.3 Å². The number of rotatable bonds is 4. The number of halogens is 1. The number of aromatic amines is 2. The standard InChI is InChI=1S/C22H17BrN4O4S/c23-14-4-5-16-15(10-14)21(32(28,29)27-7-1-2-8-27)20(25-16)22-24-11-17(26-22)13-3-6-18-19(9-13)31-12-30-18/h1,3-7,9-11,25H,2,8,12H2,(H,24,26). The molecule has 0 saturated heterocycles. The maximum Gasteiger partial charge on any atom is 0.266 e. The topological polar surface area (TPSA) is 100 Å². The van der Waals surface area contributed by atoms with E-state index in [9.17, 15) is 8.42 Å². The van der Waals surface area contributed by atoms with Crippen LogP contribution in [0.5, 0.6) is 11.5 Å². The van der Waals surface area contributed by atoms with Crippen molar-refractivity contribution < 1.29 is 17.9 Å². The van der Waals surface area contributed by atoms with Crippen LogP contribution in [0.3, 0.4) is 0 Å². The highest BCUT2D eigenvalue weighted by atomic mass is 79.9. The van der Waals surface area contributed by atoms with Crippen LogP contribution in [-0.2, 0) is 10.0 Å². The minimum Gasteiger partial charge on any atom is -0.454 e. The quantitative estimate of drug-likeness (QED) is 0.415. The Bertz CT molecular complexity index is 1510. The summed E-state index contributed by atoms with van der Waals surface area (Å²) in [4.78, 5) is 11.2. The number of imidazole rings is 1. The summed E-state index contributed by atoms with van der Waals surface area (Å²) in [5.74, 6) is 1.80. The van der Waals surface area contributed by atoms with E-state index in [1.54, 1.807) is 12.4 Å². The van der Waals surface area contributed by atoms with Crippen molar-refractivity contribution in [2.24, 2.45) is 0 Å². The summed E-state index contributed by atoms with van der Waals surface area (Å²) in [6.45, 7) is 0.618. The fourth-order valence-electron chi connectivity index (χ4n) is 4.02. The van der Waals surface area contributed by atoms with E-state index in [0.29, 0.717) is 46.9 Å². The molecule has 8 nitrogen and oxygen atoms in total. The first-order valence-electron chi connectivity index (χ1n) is 9.96. The van der Waals surface area contributed by atoms with Crippen molar-refractivity contribution in [3.63, 3.8) is 0 Å². The average Bonchev–Trinajstić information content (AvgIpc) is 3.58. The largest absolute Gasteiger partial charge is 0.454 e. The SMILES string of the molecule is O=S(=O)(c1c(-c2ncc(-c3ccc4c(c3)OCO4)[nH]2)[nH]c2ccc(Br)cc12)N1C=CCC1. The van der Waals surface area contributed by atoms with Gasteiger partial charge >= 0.3 is 0 Å². The number of ether oxygens (including phenoxy) is 2. The molecule has 2 aliphatic rings. The number of hydrogen-bond acceptors (Lipinski definition) is 5. The van der Waals surface area contributed by atoms with E-state index in [2.05, 4.69) is 30.9 Å². The first-order chi connectivity index (χ1) is 15.5. The van der Waals surface area contributed by atoms with Crippen LogP contribution < -0.4 is 9.47 Å². The van der Waals surface area contributed by atoms with Crippen molar-refractivity contribution in [2.45, 2.75) is 11.3 Å². The van der Waals surface area contributed by atoms with Gasteiger partial charge in [-0.1, -0.05) is 22.0 Å². The molecule has 162 valence electrons. The highest BCUT2D eigenvalue weighted by molar-refractivity contribution is 9.10. The summed E-state index contributed by atoms with van der Waals surface area (Å²) in [5, 5.41) is 0.607. The molecule has 10 heteroatoms. The molecule has 4 aromatic rings. The molecular weight excluding hydrogens is 496 g/mol. The number of H-pyrrole nitrogens is 2. The van der Waals surface area contributed by atoms with Crippen LogP contribution in [0, 0.1) is 0 Å². The first-order valence-corrected chi connectivity index (χ1v) is 12.2. The van der Waals surface area contributed by atoms with Crippen LogP contribution >= 0.6 is 15.9 Å². The molecule has 4 heterocycles. The van der Waals surface area contributed by atoms with Crippen LogP contribution in [0.25, 0.3) is 33.7 Å². The van der Waals surface area contributed by atoms with Crippen molar-refractivity contribution in [2.75, 3.05) is 13.3 Å². The van der Waals surface area contributed by atoms with E-state index in [1.165, 1.54) is 4.31 Å². The van der Waals surface area contributed by atoms with Gasteiger partial charge in [0.1, 0.15) is 10.6 Å². The molecule has 0 bridgehead atoms. The second kappa shape index (κ2) is 7.14. The Balaban J connectivity index is 1.51. The zero-order valence-corrected chi connectivity index (χ0v) is 19.0. The van der Waals surface area contributed by atoms with Crippen LogP contribution in [0.1, 0.15) is 6.42 Å². The Morgan fingerprint density at radius 3 is 2.78 bits per heavy atom. The average molecular weight is 513 g/mol. The Kier molecular flexibility index (Phi) is 4.34. The van der Waals surface area contributed by atoms with Crippen LogP contribution in [0.4, 0.5) is 0 Å². The lowest BCUT2D eigenvalue weighted by Gasteiger charge is -2.16. The van der Waals surface area contributed by atoms with Crippen LogP contribution in [0.15, 0.2) is 64.2 Å². The lowest BCUT2D eigenvalue weighted by molar-refractivity contribution is 0.174. The molecule has 0 radical (unpaired) electrons. The van der Waals surface area contributed by atoms with Gasteiger partial charge in [-0.2, -0.15) is 0 Å². The molecule has 0 atom stereocenters. The molecule has 0 spiro atoms. The highest BCUT2D eigenvalue weighted by Crippen LogP contribution is 2.39. The van der Waals surface area contributed by atoms with E-state index >= 15 is 0 Å². The zero-order valence-electron chi connectivity index (χ0n) is 16.6. The molecule has 32 heavy (non-hydrogen) atoms. The van der Waals surface area contributed by atoms with Gasteiger partial charge in [-0.3, -0.25) is 4.31 Å². The van der Waals surface area contributed by atoms with E-state index in [4.69, 9.17) is 9.47 Å². The van der Waals surface area contributed by atoms with Gasteiger partial charge in [0.05, 0.1) is 11.9 Å². The van der Waals surface area contributed by atoms with Crippen LogP contribution in [-0.4, -0.2) is 41.0 Å². The van der Waals surface area contributed by atoms with Crippen molar-refractivity contribution >= 4 is 36.9 Å². The van der Waals surface area contributed by atoms with E-state index in [0.717, 1.165) is 15.7 Å². The summed E-state index contributed by atoms with van der Waals surface area (Å²) in [5.41, 5.74) is 2.73. The molecule has 2 aromatic heterocycles. The van der Waals surface area contributed by atoms with E-state index in [-0.39, 0.29) is 11.7 Å². The summed E-state index contributed by atoms with van der Waals surface area (Å²) >= 11 is 3.46. The number of fused-ring (bicyclic) bond motifs is 2. The Labute approximate surface area is 192 Å². The summed E-state index contributed by atoms with van der Waals surface area (Å²) in [7, 11) is -3.78. The highest BCUT2D eigenvalue weighted by Gasteiger charge is 2.31. The molecule has 0 unspecified atom stereocenters. The fourth-order valence-corrected chi connectivity index (χ4v) is 6.06. The third-order valence-electron chi connectivity index (χ3n) is 5.56. The van der Waals surface area contributed by atoms with Gasteiger partial charge in [0.25, 0.3) is 10.0 Å². The van der Waals surface area contributed by atoms with E-state index in [1.807, 2.05) is 42.5 Å². The van der Waals surface area contributed by atoms with Gasteiger partial charge in [-0.15, -0.1) is 0 Å². The Morgan fingerprint density at radius 2 is 1.94 bits per heavy atom. The number of hydrogen-bond donors (Lipinski definition) is 2. The molecule has 6 rings (SSSR count). The number of benzene rings is 2.